The number of pyridine rings is 1. The molecule has 0 saturated heterocycles. The Balaban J connectivity index is 1.95. The molecule has 106 valence electrons. The highest BCUT2D eigenvalue weighted by molar-refractivity contribution is 6.03. The molecule has 3 rings (SSSR count). The largest absolute Gasteiger partial charge is 0.462 e. The van der Waals surface area contributed by atoms with Crippen molar-refractivity contribution < 1.29 is 9.53 Å². The van der Waals surface area contributed by atoms with Gasteiger partial charge in [0.2, 0.25) is 0 Å². The summed E-state index contributed by atoms with van der Waals surface area (Å²) in [6, 6.07) is 1.79. The predicted octanol–water partition coefficient (Wildman–Crippen LogP) is 2.40. The van der Waals surface area contributed by atoms with Gasteiger partial charge in [0.25, 0.3) is 0 Å². The molecule has 0 amide bonds. The monoisotopic (exact) mass is 273 g/mol. The molecule has 0 bridgehead atoms. The number of esters is 1. The Bertz CT molecular complexity index is 690. The van der Waals surface area contributed by atoms with E-state index < -0.39 is 0 Å². The first kappa shape index (κ1) is 13.1. The van der Waals surface area contributed by atoms with Crippen LogP contribution in [0.3, 0.4) is 0 Å². The molecular formula is C15H19N3O2. The number of hydrogen-bond donors (Lipinski definition) is 0. The first-order valence-corrected chi connectivity index (χ1v) is 6.95. The van der Waals surface area contributed by atoms with E-state index >= 15 is 0 Å². The Kier molecular flexibility index (Phi) is 3.00. The Hall–Kier alpha value is -1.91. The van der Waals surface area contributed by atoms with Crippen molar-refractivity contribution in [2.45, 2.75) is 27.2 Å². The maximum absolute atomic E-state index is 12.3. The Morgan fingerprint density at radius 2 is 2.20 bits per heavy atom. The molecule has 5 nitrogen and oxygen atoms in total. The number of fused-ring (bicyclic) bond motifs is 1. The van der Waals surface area contributed by atoms with Crippen molar-refractivity contribution in [3.05, 3.63) is 23.0 Å². The summed E-state index contributed by atoms with van der Waals surface area (Å²) in [5, 5.41) is 5.14. The number of carbonyl (C=O) groups excluding carboxylic acids is 1. The normalized spacial score (nSPS) is 21.2. The third-order valence-corrected chi connectivity index (χ3v) is 4.02. The molecule has 2 atom stereocenters. The van der Waals surface area contributed by atoms with Crippen molar-refractivity contribution in [3.63, 3.8) is 0 Å². The summed E-state index contributed by atoms with van der Waals surface area (Å²) >= 11 is 0. The molecule has 2 heterocycles. The van der Waals surface area contributed by atoms with E-state index in [9.17, 15) is 4.79 Å². The molecule has 1 aliphatic carbocycles. The van der Waals surface area contributed by atoms with Crippen LogP contribution in [0.2, 0.25) is 0 Å². The molecule has 5 heteroatoms. The van der Waals surface area contributed by atoms with Crippen molar-refractivity contribution in [2.24, 2.45) is 18.9 Å². The standard InChI is InChI=1S/C15H19N3O2/c1-8-5-11(8)7-20-15(19)12-6-9(2)16-14-13(12)10(3)17-18(14)4/h6,8,11H,5,7H2,1-4H3/t8-,11+/m1/s1. The lowest BCUT2D eigenvalue weighted by molar-refractivity contribution is 0.0483. The molecule has 0 aliphatic heterocycles. The second kappa shape index (κ2) is 4.58. The van der Waals surface area contributed by atoms with Gasteiger partial charge in [0.1, 0.15) is 0 Å². The van der Waals surface area contributed by atoms with E-state index in [1.165, 1.54) is 0 Å². The van der Waals surface area contributed by atoms with E-state index in [1.54, 1.807) is 10.7 Å². The van der Waals surface area contributed by atoms with E-state index in [0.717, 1.165) is 28.8 Å². The summed E-state index contributed by atoms with van der Waals surface area (Å²) < 4.78 is 7.15. The summed E-state index contributed by atoms with van der Waals surface area (Å²) in [6.07, 6.45) is 1.16. The second-order valence-corrected chi connectivity index (χ2v) is 5.79. The molecule has 2 aromatic heterocycles. The van der Waals surface area contributed by atoms with Crippen molar-refractivity contribution in [3.8, 4) is 0 Å². The molecule has 0 N–H and O–H groups in total. The molecule has 0 aromatic carbocycles. The van der Waals surface area contributed by atoms with Crippen LogP contribution >= 0.6 is 0 Å². The van der Waals surface area contributed by atoms with Crippen LogP contribution < -0.4 is 0 Å². The van der Waals surface area contributed by atoms with E-state index in [0.29, 0.717) is 24.0 Å². The highest BCUT2D eigenvalue weighted by atomic mass is 16.5. The van der Waals surface area contributed by atoms with Gasteiger partial charge in [-0.25, -0.2) is 9.78 Å². The minimum absolute atomic E-state index is 0.268. The van der Waals surface area contributed by atoms with Crippen LogP contribution in [0.25, 0.3) is 11.0 Å². The molecule has 20 heavy (non-hydrogen) atoms. The van der Waals surface area contributed by atoms with Gasteiger partial charge >= 0.3 is 5.97 Å². The van der Waals surface area contributed by atoms with Crippen LogP contribution in [0.5, 0.6) is 0 Å². The molecule has 2 aromatic rings. The average Bonchev–Trinajstić information content (AvgIpc) is 3.02. The van der Waals surface area contributed by atoms with Crippen LogP contribution in [-0.4, -0.2) is 27.3 Å². The summed E-state index contributed by atoms with van der Waals surface area (Å²) in [6.45, 7) is 6.46. The Morgan fingerprint density at radius 1 is 1.50 bits per heavy atom. The van der Waals surface area contributed by atoms with Crippen LogP contribution in [0.15, 0.2) is 6.07 Å². The Labute approximate surface area is 117 Å². The topological polar surface area (TPSA) is 57.0 Å². The lowest BCUT2D eigenvalue weighted by Gasteiger charge is -2.07. The smallest absolute Gasteiger partial charge is 0.339 e. The van der Waals surface area contributed by atoms with E-state index in [-0.39, 0.29) is 5.97 Å². The number of aryl methyl sites for hydroxylation is 3. The zero-order valence-corrected chi connectivity index (χ0v) is 12.3. The maximum Gasteiger partial charge on any atom is 0.339 e. The van der Waals surface area contributed by atoms with Crippen LogP contribution in [0.1, 0.15) is 35.1 Å². The quantitative estimate of drug-likeness (QED) is 0.806. The van der Waals surface area contributed by atoms with Gasteiger partial charge in [0.05, 0.1) is 23.3 Å². The molecule has 1 saturated carbocycles. The summed E-state index contributed by atoms with van der Waals surface area (Å²) in [5.74, 6) is 0.949. The fourth-order valence-corrected chi connectivity index (χ4v) is 2.62. The van der Waals surface area contributed by atoms with E-state index in [4.69, 9.17) is 4.74 Å². The molecule has 1 fully saturated rings. The van der Waals surface area contributed by atoms with Crippen molar-refractivity contribution in [1.82, 2.24) is 14.8 Å². The van der Waals surface area contributed by atoms with Crippen LogP contribution in [0, 0.1) is 25.7 Å². The van der Waals surface area contributed by atoms with Gasteiger partial charge in [-0.3, -0.25) is 4.68 Å². The number of aromatic nitrogens is 3. The number of hydrogen-bond acceptors (Lipinski definition) is 4. The minimum atomic E-state index is -0.268. The maximum atomic E-state index is 12.3. The van der Waals surface area contributed by atoms with Gasteiger partial charge < -0.3 is 4.74 Å². The van der Waals surface area contributed by atoms with E-state index in [2.05, 4.69) is 17.0 Å². The molecule has 0 spiro atoms. The summed E-state index contributed by atoms with van der Waals surface area (Å²) in [5.41, 5.74) is 2.91. The average molecular weight is 273 g/mol. The van der Waals surface area contributed by atoms with Crippen LogP contribution in [0.4, 0.5) is 0 Å². The van der Waals surface area contributed by atoms with Crippen molar-refractivity contribution in [1.29, 1.82) is 0 Å². The second-order valence-electron chi connectivity index (χ2n) is 5.79. The molecule has 0 radical (unpaired) electrons. The van der Waals surface area contributed by atoms with Gasteiger partial charge in [-0.2, -0.15) is 5.10 Å². The van der Waals surface area contributed by atoms with Crippen LogP contribution in [-0.2, 0) is 11.8 Å². The molecule has 1 aliphatic rings. The SMILES string of the molecule is Cc1cc(C(=O)OC[C@@H]2C[C@H]2C)c2c(C)nn(C)c2n1. The first-order chi connectivity index (χ1) is 9.47. The predicted molar refractivity (Wildman–Crippen MR) is 75.5 cm³/mol. The third kappa shape index (κ3) is 2.17. The minimum Gasteiger partial charge on any atom is -0.462 e. The molecule has 0 unspecified atom stereocenters. The number of carbonyl (C=O) groups is 1. The number of nitrogens with zero attached hydrogens (tertiary/aromatic N) is 3. The van der Waals surface area contributed by atoms with Crippen molar-refractivity contribution >= 4 is 17.0 Å². The van der Waals surface area contributed by atoms with Gasteiger partial charge in [-0.05, 0) is 38.2 Å². The summed E-state index contributed by atoms with van der Waals surface area (Å²) in [7, 11) is 1.84. The van der Waals surface area contributed by atoms with Crippen molar-refractivity contribution in [2.75, 3.05) is 6.61 Å². The number of ether oxygens (including phenoxy) is 1. The summed E-state index contributed by atoms with van der Waals surface area (Å²) in [4.78, 5) is 16.8. The van der Waals surface area contributed by atoms with E-state index in [1.807, 2.05) is 20.9 Å². The van der Waals surface area contributed by atoms with Gasteiger partial charge in [-0.1, -0.05) is 6.92 Å². The number of rotatable bonds is 3. The zero-order chi connectivity index (χ0) is 14.4. The highest BCUT2D eigenvalue weighted by Gasteiger charge is 2.34. The lowest BCUT2D eigenvalue weighted by Crippen LogP contribution is -2.10. The fraction of sp³-hybridized carbons (Fsp3) is 0.533. The Morgan fingerprint density at radius 3 is 2.85 bits per heavy atom. The fourth-order valence-electron chi connectivity index (χ4n) is 2.62. The van der Waals surface area contributed by atoms with Gasteiger partial charge in [0, 0.05) is 12.7 Å². The van der Waals surface area contributed by atoms with Gasteiger partial charge in [-0.15, -0.1) is 0 Å². The third-order valence-electron chi connectivity index (χ3n) is 4.02. The van der Waals surface area contributed by atoms with Gasteiger partial charge in [0.15, 0.2) is 5.65 Å². The molecular weight excluding hydrogens is 254 g/mol. The zero-order valence-electron chi connectivity index (χ0n) is 12.3. The highest BCUT2D eigenvalue weighted by Crippen LogP contribution is 2.37. The lowest BCUT2D eigenvalue weighted by atomic mass is 10.1. The first-order valence-electron chi connectivity index (χ1n) is 6.95.